The Morgan fingerprint density at radius 3 is 2.36 bits per heavy atom. The standard InChI is InChI=1S/C15H19ClF4N2/c1-21-5-7-22(8-6-21)4-2-3-11-9-12(15(18,19)20)10-13(16)14(11)17/h9-10H,2-8H2,1H3. The summed E-state index contributed by atoms with van der Waals surface area (Å²) < 4.78 is 52.1. The summed E-state index contributed by atoms with van der Waals surface area (Å²) in [6.07, 6.45) is -3.65. The first-order valence-electron chi connectivity index (χ1n) is 7.23. The molecule has 2 rings (SSSR count). The second-order valence-electron chi connectivity index (χ2n) is 5.68. The van der Waals surface area contributed by atoms with Crippen LogP contribution in [0.1, 0.15) is 17.5 Å². The lowest BCUT2D eigenvalue weighted by Crippen LogP contribution is -2.44. The number of halogens is 5. The van der Waals surface area contributed by atoms with Crippen molar-refractivity contribution in [2.45, 2.75) is 19.0 Å². The SMILES string of the molecule is CN1CCN(CCCc2cc(C(F)(F)F)cc(Cl)c2F)CC1. The van der Waals surface area contributed by atoms with Gasteiger partial charge in [-0.05, 0) is 44.1 Å². The maximum Gasteiger partial charge on any atom is 0.416 e. The zero-order valence-corrected chi connectivity index (χ0v) is 13.1. The summed E-state index contributed by atoms with van der Waals surface area (Å²) in [4.78, 5) is 4.47. The number of piperazine rings is 1. The lowest BCUT2D eigenvalue weighted by atomic mass is 10.0. The smallest absolute Gasteiger partial charge is 0.304 e. The predicted octanol–water partition coefficient (Wildman–Crippen LogP) is 3.68. The van der Waals surface area contributed by atoms with Crippen molar-refractivity contribution in [1.29, 1.82) is 0 Å². The van der Waals surface area contributed by atoms with E-state index in [2.05, 4.69) is 16.8 Å². The number of hydrogen-bond donors (Lipinski definition) is 0. The molecule has 1 saturated heterocycles. The largest absolute Gasteiger partial charge is 0.416 e. The monoisotopic (exact) mass is 338 g/mol. The molecule has 1 aromatic rings. The van der Waals surface area contributed by atoms with Gasteiger partial charge in [-0.3, -0.25) is 0 Å². The molecule has 0 aromatic heterocycles. The van der Waals surface area contributed by atoms with Crippen molar-refractivity contribution in [1.82, 2.24) is 9.80 Å². The summed E-state index contributed by atoms with van der Waals surface area (Å²) >= 11 is 5.58. The van der Waals surface area contributed by atoms with Gasteiger partial charge in [0.15, 0.2) is 0 Å². The van der Waals surface area contributed by atoms with Crippen LogP contribution in [0.25, 0.3) is 0 Å². The Labute approximate surface area is 132 Å². The summed E-state index contributed by atoms with van der Waals surface area (Å²) in [5, 5.41) is -0.468. The van der Waals surface area contributed by atoms with Gasteiger partial charge in [0.2, 0.25) is 0 Å². The van der Waals surface area contributed by atoms with E-state index in [0.717, 1.165) is 38.8 Å². The molecular weight excluding hydrogens is 320 g/mol. The average Bonchev–Trinajstić information content (AvgIpc) is 2.44. The van der Waals surface area contributed by atoms with Crippen LogP contribution < -0.4 is 0 Å². The highest BCUT2D eigenvalue weighted by Crippen LogP contribution is 2.33. The van der Waals surface area contributed by atoms with Crippen LogP contribution in [0.5, 0.6) is 0 Å². The molecule has 0 bridgehead atoms. The fourth-order valence-corrected chi connectivity index (χ4v) is 2.80. The molecule has 0 radical (unpaired) electrons. The Morgan fingerprint density at radius 1 is 1.14 bits per heavy atom. The van der Waals surface area contributed by atoms with Crippen LogP contribution in [0.2, 0.25) is 5.02 Å². The highest BCUT2D eigenvalue weighted by atomic mass is 35.5. The van der Waals surface area contributed by atoms with Crippen LogP contribution >= 0.6 is 11.6 Å². The number of likely N-dealkylation sites (N-methyl/N-ethyl adjacent to an activating group) is 1. The fraction of sp³-hybridized carbons (Fsp3) is 0.600. The molecule has 7 heteroatoms. The minimum atomic E-state index is -4.51. The predicted molar refractivity (Wildman–Crippen MR) is 78.7 cm³/mol. The van der Waals surface area contributed by atoms with Crippen LogP contribution in [0.4, 0.5) is 17.6 Å². The summed E-state index contributed by atoms with van der Waals surface area (Å²) in [5.74, 6) is -0.743. The van der Waals surface area contributed by atoms with Crippen LogP contribution in [-0.4, -0.2) is 49.6 Å². The average molecular weight is 339 g/mol. The first-order valence-corrected chi connectivity index (χ1v) is 7.61. The molecule has 22 heavy (non-hydrogen) atoms. The zero-order valence-electron chi connectivity index (χ0n) is 12.4. The minimum absolute atomic E-state index is 0.0361. The van der Waals surface area contributed by atoms with Gasteiger partial charge < -0.3 is 9.80 Å². The summed E-state index contributed by atoms with van der Waals surface area (Å²) in [6.45, 7) is 4.57. The Morgan fingerprint density at radius 2 is 1.77 bits per heavy atom. The molecule has 1 fully saturated rings. The van der Waals surface area contributed by atoms with Gasteiger partial charge in [0.1, 0.15) is 5.82 Å². The quantitative estimate of drug-likeness (QED) is 0.773. The molecule has 1 aliphatic heterocycles. The fourth-order valence-electron chi connectivity index (χ4n) is 2.56. The van der Waals surface area contributed by atoms with E-state index >= 15 is 0 Å². The zero-order chi connectivity index (χ0) is 16.3. The summed E-state index contributed by atoms with van der Waals surface area (Å²) in [6, 6.07) is 1.51. The summed E-state index contributed by atoms with van der Waals surface area (Å²) in [7, 11) is 2.05. The molecule has 0 amide bonds. The number of alkyl halides is 3. The molecule has 1 aromatic carbocycles. The molecule has 0 N–H and O–H groups in total. The molecule has 0 aliphatic carbocycles. The van der Waals surface area contributed by atoms with Crippen molar-refractivity contribution in [2.75, 3.05) is 39.8 Å². The molecular formula is C15H19ClF4N2. The van der Waals surface area contributed by atoms with Crippen molar-refractivity contribution >= 4 is 11.6 Å². The third kappa shape index (κ3) is 4.57. The first kappa shape index (κ1) is 17.5. The van der Waals surface area contributed by atoms with Gasteiger partial charge in [-0.15, -0.1) is 0 Å². The van der Waals surface area contributed by atoms with Crippen LogP contribution in [0.3, 0.4) is 0 Å². The molecule has 124 valence electrons. The number of hydrogen-bond acceptors (Lipinski definition) is 2. The Kier molecular flexibility index (Phi) is 5.69. The van der Waals surface area contributed by atoms with Gasteiger partial charge in [-0.2, -0.15) is 13.2 Å². The number of nitrogens with zero attached hydrogens (tertiary/aromatic N) is 2. The molecule has 1 aliphatic rings. The van der Waals surface area contributed by atoms with Crippen LogP contribution in [-0.2, 0) is 12.6 Å². The molecule has 1 heterocycles. The molecule has 0 saturated carbocycles. The Balaban J connectivity index is 1.96. The van der Waals surface area contributed by atoms with E-state index in [4.69, 9.17) is 11.6 Å². The van der Waals surface area contributed by atoms with Gasteiger partial charge in [0, 0.05) is 26.2 Å². The lowest BCUT2D eigenvalue weighted by Gasteiger charge is -2.32. The first-order chi connectivity index (χ1) is 10.3. The topological polar surface area (TPSA) is 6.48 Å². The number of rotatable bonds is 4. The maximum absolute atomic E-state index is 13.9. The van der Waals surface area contributed by atoms with Crippen LogP contribution in [0, 0.1) is 5.82 Å². The van der Waals surface area contributed by atoms with E-state index in [-0.39, 0.29) is 12.0 Å². The van der Waals surface area contributed by atoms with Crippen molar-refractivity contribution in [2.24, 2.45) is 0 Å². The van der Waals surface area contributed by atoms with Gasteiger partial charge in [-0.1, -0.05) is 11.6 Å². The van der Waals surface area contributed by atoms with E-state index in [9.17, 15) is 17.6 Å². The highest BCUT2D eigenvalue weighted by Gasteiger charge is 2.32. The number of benzene rings is 1. The van der Waals surface area contributed by atoms with Crippen molar-refractivity contribution in [3.8, 4) is 0 Å². The van der Waals surface area contributed by atoms with E-state index in [1.807, 2.05) is 0 Å². The third-order valence-electron chi connectivity index (χ3n) is 3.95. The maximum atomic E-state index is 13.9. The molecule has 0 atom stereocenters. The van der Waals surface area contributed by atoms with Gasteiger partial charge in [0.05, 0.1) is 10.6 Å². The summed E-state index contributed by atoms with van der Waals surface area (Å²) in [5.41, 5.74) is -0.859. The van der Waals surface area contributed by atoms with Crippen molar-refractivity contribution < 1.29 is 17.6 Å². The van der Waals surface area contributed by atoms with Gasteiger partial charge >= 0.3 is 6.18 Å². The molecule has 0 spiro atoms. The minimum Gasteiger partial charge on any atom is -0.304 e. The van der Waals surface area contributed by atoms with Crippen molar-refractivity contribution in [3.05, 3.63) is 34.1 Å². The van der Waals surface area contributed by atoms with E-state index in [1.165, 1.54) is 0 Å². The third-order valence-corrected chi connectivity index (χ3v) is 4.22. The van der Waals surface area contributed by atoms with Gasteiger partial charge in [0.25, 0.3) is 0 Å². The van der Waals surface area contributed by atoms with E-state index in [1.54, 1.807) is 0 Å². The van der Waals surface area contributed by atoms with Crippen LogP contribution in [0.15, 0.2) is 12.1 Å². The van der Waals surface area contributed by atoms with E-state index in [0.29, 0.717) is 12.5 Å². The van der Waals surface area contributed by atoms with E-state index < -0.39 is 22.6 Å². The molecule has 2 nitrogen and oxygen atoms in total. The normalized spacial score (nSPS) is 17.9. The Hall–Kier alpha value is -0.850. The highest BCUT2D eigenvalue weighted by molar-refractivity contribution is 6.30. The molecule has 0 unspecified atom stereocenters. The van der Waals surface area contributed by atoms with Gasteiger partial charge in [-0.25, -0.2) is 4.39 Å². The van der Waals surface area contributed by atoms with Crippen molar-refractivity contribution in [3.63, 3.8) is 0 Å². The number of aryl methyl sites for hydroxylation is 1. The lowest BCUT2D eigenvalue weighted by molar-refractivity contribution is -0.137. The second-order valence-corrected chi connectivity index (χ2v) is 6.08. The Bertz CT molecular complexity index is 511. The second kappa shape index (κ2) is 7.15.